The van der Waals surface area contributed by atoms with Crippen LogP contribution in [-0.2, 0) is 0 Å². The monoisotopic (exact) mass is 260 g/mol. The summed E-state index contributed by atoms with van der Waals surface area (Å²) in [6.07, 6.45) is 4.49. The van der Waals surface area contributed by atoms with E-state index in [0.29, 0.717) is 0 Å². The fraction of sp³-hybridized carbons (Fsp3) is 0.412. The van der Waals surface area contributed by atoms with Gasteiger partial charge >= 0.3 is 0 Å². The summed E-state index contributed by atoms with van der Waals surface area (Å²) in [4.78, 5) is 0. The van der Waals surface area contributed by atoms with Gasteiger partial charge in [0.2, 0.25) is 0 Å². The molecule has 0 aromatic heterocycles. The molecule has 0 radical (unpaired) electrons. The molecule has 1 aromatic rings. The molecular weight excluding hydrogens is 235 g/mol. The van der Waals surface area contributed by atoms with Crippen molar-refractivity contribution in [2.75, 3.05) is 6.66 Å². The van der Waals surface area contributed by atoms with Gasteiger partial charge in [0.25, 0.3) is 0 Å². The lowest BCUT2D eigenvalue weighted by atomic mass is 10.1. The van der Waals surface area contributed by atoms with Crippen LogP contribution in [0.2, 0.25) is 0 Å². The first kappa shape index (κ1) is 15.2. The standard InChI is InChI=1S/C17H25P/c1-8-13(4)16(9-2)18(7)17-14(5)10-12(3)11-15(17)6/h8-11H,1-7H3/b13-8-,16-9-. The fourth-order valence-corrected chi connectivity index (χ4v) is 5.13. The molecular formula is C17H25P. The van der Waals surface area contributed by atoms with E-state index in [-0.39, 0.29) is 7.92 Å². The van der Waals surface area contributed by atoms with Crippen molar-refractivity contribution >= 4 is 13.2 Å². The molecule has 1 aromatic carbocycles. The molecule has 0 spiro atoms. The Bertz CT molecular complexity index is 469. The zero-order valence-electron chi connectivity index (χ0n) is 12.8. The highest BCUT2D eigenvalue weighted by atomic mass is 31.1. The number of hydrogen-bond acceptors (Lipinski definition) is 0. The van der Waals surface area contributed by atoms with Gasteiger partial charge in [-0.1, -0.05) is 29.8 Å². The van der Waals surface area contributed by atoms with Crippen LogP contribution >= 0.6 is 7.92 Å². The first-order valence-electron chi connectivity index (χ1n) is 6.53. The number of allylic oxidation sites excluding steroid dienone is 4. The average molecular weight is 260 g/mol. The molecule has 0 amide bonds. The first-order valence-corrected chi connectivity index (χ1v) is 8.32. The Morgan fingerprint density at radius 1 is 1.00 bits per heavy atom. The summed E-state index contributed by atoms with van der Waals surface area (Å²) in [7, 11) is -0.246. The summed E-state index contributed by atoms with van der Waals surface area (Å²) in [5.74, 6) is 0. The second-order valence-corrected chi connectivity index (χ2v) is 7.00. The van der Waals surface area contributed by atoms with Gasteiger partial charge in [-0.15, -0.1) is 0 Å². The minimum atomic E-state index is -0.246. The largest absolute Gasteiger partial charge is 0.0841 e. The van der Waals surface area contributed by atoms with Crippen LogP contribution in [-0.4, -0.2) is 6.66 Å². The molecule has 0 fully saturated rings. The zero-order valence-corrected chi connectivity index (χ0v) is 13.7. The lowest BCUT2D eigenvalue weighted by molar-refractivity contribution is 1.35. The summed E-state index contributed by atoms with van der Waals surface area (Å²) >= 11 is 0. The van der Waals surface area contributed by atoms with E-state index >= 15 is 0 Å². The van der Waals surface area contributed by atoms with E-state index in [9.17, 15) is 0 Å². The molecule has 0 saturated carbocycles. The van der Waals surface area contributed by atoms with Crippen molar-refractivity contribution in [3.8, 4) is 0 Å². The van der Waals surface area contributed by atoms with E-state index in [1.165, 1.54) is 27.6 Å². The molecule has 0 aliphatic carbocycles. The number of hydrogen-bond donors (Lipinski definition) is 0. The Morgan fingerprint density at radius 2 is 1.50 bits per heavy atom. The molecule has 0 saturated heterocycles. The molecule has 0 N–H and O–H groups in total. The van der Waals surface area contributed by atoms with Gasteiger partial charge < -0.3 is 0 Å². The molecule has 18 heavy (non-hydrogen) atoms. The summed E-state index contributed by atoms with van der Waals surface area (Å²) in [5.41, 5.74) is 5.64. The van der Waals surface area contributed by atoms with E-state index in [0.717, 1.165) is 0 Å². The Kier molecular flexibility index (Phi) is 5.35. The smallest absolute Gasteiger partial charge is 0.0140 e. The molecule has 1 rings (SSSR count). The van der Waals surface area contributed by atoms with Crippen molar-refractivity contribution in [1.82, 2.24) is 0 Å². The predicted molar refractivity (Wildman–Crippen MR) is 86.3 cm³/mol. The number of aryl methyl sites for hydroxylation is 3. The van der Waals surface area contributed by atoms with Crippen molar-refractivity contribution in [3.63, 3.8) is 0 Å². The van der Waals surface area contributed by atoms with Crippen molar-refractivity contribution < 1.29 is 0 Å². The van der Waals surface area contributed by atoms with Crippen LogP contribution in [0.1, 0.15) is 37.5 Å². The quantitative estimate of drug-likeness (QED) is 0.516. The fourth-order valence-electron chi connectivity index (χ4n) is 2.66. The maximum absolute atomic E-state index is 2.38. The number of benzene rings is 1. The number of rotatable bonds is 3. The third-order valence-corrected chi connectivity index (χ3v) is 6.15. The summed E-state index contributed by atoms with van der Waals surface area (Å²) in [6, 6.07) is 4.61. The second-order valence-electron chi connectivity index (χ2n) is 4.95. The van der Waals surface area contributed by atoms with Crippen LogP contribution in [0.4, 0.5) is 0 Å². The Morgan fingerprint density at radius 3 is 1.89 bits per heavy atom. The summed E-state index contributed by atoms with van der Waals surface area (Å²) in [5, 5.41) is 3.05. The molecule has 1 heteroatoms. The predicted octanol–water partition coefficient (Wildman–Crippen LogP) is 5.22. The molecule has 1 unspecified atom stereocenters. The highest BCUT2D eigenvalue weighted by molar-refractivity contribution is 7.69. The highest BCUT2D eigenvalue weighted by Crippen LogP contribution is 2.45. The van der Waals surface area contributed by atoms with Crippen molar-refractivity contribution in [2.45, 2.75) is 41.5 Å². The lowest BCUT2D eigenvalue weighted by Gasteiger charge is -2.22. The Balaban J connectivity index is 3.31. The highest BCUT2D eigenvalue weighted by Gasteiger charge is 2.16. The maximum Gasteiger partial charge on any atom is -0.0140 e. The van der Waals surface area contributed by atoms with Gasteiger partial charge in [-0.05, 0) is 83.4 Å². The van der Waals surface area contributed by atoms with Crippen LogP contribution in [0.15, 0.2) is 35.2 Å². The van der Waals surface area contributed by atoms with E-state index in [2.05, 4.69) is 72.5 Å². The zero-order chi connectivity index (χ0) is 13.9. The van der Waals surface area contributed by atoms with Crippen LogP contribution in [0.3, 0.4) is 0 Å². The molecule has 98 valence electrons. The van der Waals surface area contributed by atoms with E-state index in [1.807, 2.05) is 0 Å². The SMILES string of the molecule is C/C=C(C)\C(=C\C)P(C)c1c(C)cc(C)cc1C. The molecule has 0 heterocycles. The van der Waals surface area contributed by atoms with Crippen LogP contribution < -0.4 is 5.30 Å². The van der Waals surface area contributed by atoms with Gasteiger partial charge in [0.1, 0.15) is 0 Å². The van der Waals surface area contributed by atoms with Crippen LogP contribution in [0.25, 0.3) is 0 Å². The average Bonchev–Trinajstić information content (AvgIpc) is 2.28. The van der Waals surface area contributed by atoms with Crippen LogP contribution in [0.5, 0.6) is 0 Å². The minimum Gasteiger partial charge on any atom is -0.0841 e. The molecule has 0 bridgehead atoms. The molecule has 0 aliphatic rings. The third kappa shape index (κ3) is 3.12. The van der Waals surface area contributed by atoms with Crippen LogP contribution in [0, 0.1) is 20.8 Å². The van der Waals surface area contributed by atoms with Gasteiger partial charge in [-0.2, -0.15) is 0 Å². The van der Waals surface area contributed by atoms with E-state index in [4.69, 9.17) is 0 Å². The lowest BCUT2D eigenvalue weighted by Crippen LogP contribution is -2.11. The summed E-state index contributed by atoms with van der Waals surface area (Å²) in [6.45, 7) is 15.5. The molecule has 0 aliphatic heterocycles. The van der Waals surface area contributed by atoms with Gasteiger partial charge in [-0.3, -0.25) is 0 Å². The van der Waals surface area contributed by atoms with Gasteiger partial charge in [-0.25, -0.2) is 0 Å². The normalized spacial score (nSPS) is 14.8. The van der Waals surface area contributed by atoms with E-state index < -0.39 is 0 Å². The Hall–Kier alpha value is -0.870. The second kappa shape index (κ2) is 6.34. The topological polar surface area (TPSA) is 0 Å². The van der Waals surface area contributed by atoms with Crippen molar-refractivity contribution in [2.24, 2.45) is 0 Å². The van der Waals surface area contributed by atoms with Gasteiger partial charge in [0.15, 0.2) is 0 Å². The van der Waals surface area contributed by atoms with Crippen molar-refractivity contribution in [1.29, 1.82) is 0 Å². The van der Waals surface area contributed by atoms with E-state index in [1.54, 1.807) is 5.30 Å². The van der Waals surface area contributed by atoms with Gasteiger partial charge in [0, 0.05) is 0 Å². The third-order valence-electron chi connectivity index (χ3n) is 3.44. The minimum absolute atomic E-state index is 0.246. The first-order chi connectivity index (χ1) is 8.42. The Labute approximate surface area is 114 Å². The van der Waals surface area contributed by atoms with Gasteiger partial charge in [0.05, 0.1) is 0 Å². The molecule has 0 nitrogen and oxygen atoms in total. The van der Waals surface area contributed by atoms with Crippen molar-refractivity contribution in [3.05, 3.63) is 51.9 Å². The molecule has 1 atom stereocenters. The summed E-state index contributed by atoms with van der Waals surface area (Å²) < 4.78 is 0. The maximum atomic E-state index is 2.38.